The molecule has 96 valence electrons. The summed E-state index contributed by atoms with van der Waals surface area (Å²) in [6.45, 7) is 7.17. The van der Waals surface area contributed by atoms with Crippen LogP contribution in [0.25, 0.3) is 0 Å². The van der Waals surface area contributed by atoms with Crippen LogP contribution in [0.15, 0.2) is 18.2 Å². The number of nitrogens with one attached hydrogen (secondary N) is 1. The summed E-state index contributed by atoms with van der Waals surface area (Å²) in [4.78, 5) is 0. The standard InChI is InChI=1S/C14H21F2N/c1-4-10(3)14(17-5-2)8-11-6-7-12(15)9-13(11)16/h6-7,9-10,14,17H,4-5,8H2,1-3H3. The van der Waals surface area contributed by atoms with E-state index in [-0.39, 0.29) is 6.04 Å². The van der Waals surface area contributed by atoms with Gasteiger partial charge >= 0.3 is 0 Å². The monoisotopic (exact) mass is 241 g/mol. The summed E-state index contributed by atoms with van der Waals surface area (Å²) in [5, 5.41) is 3.36. The van der Waals surface area contributed by atoms with E-state index in [0.717, 1.165) is 19.0 Å². The van der Waals surface area contributed by atoms with Gasteiger partial charge in [0, 0.05) is 12.1 Å². The predicted octanol–water partition coefficient (Wildman–Crippen LogP) is 3.53. The molecule has 0 aromatic heterocycles. The average molecular weight is 241 g/mol. The van der Waals surface area contributed by atoms with Crippen LogP contribution in [-0.4, -0.2) is 12.6 Å². The first-order chi connectivity index (χ1) is 8.08. The summed E-state index contributed by atoms with van der Waals surface area (Å²) < 4.78 is 26.4. The molecule has 1 N–H and O–H groups in total. The van der Waals surface area contributed by atoms with Crippen LogP contribution in [0.4, 0.5) is 8.78 Å². The minimum absolute atomic E-state index is 0.241. The molecule has 1 aromatic rings. The molecule has 0 saturated carbocycles. The van der Waals surface area contributed by atoms with E-state index in [0.29, 0.717) is 17.9 Å². The van der Waals surface area contributed by atoms with Crippen LogP contribution in [0.1, 0.15) is 32.8 Å². The molecule has 0 aliphatic heterocycles. The molecule has 0 saturated heterocycles. The average Bonchev–Trinajstić information content (AvgIpc) is 2.30. The molecule has 0 amide bonds. The van der Waals surface area contributed by atoms with Crippen LogP contribution in [0.5, 0.6) is 0 Å². The summed E-state index contributed by atoms with van der Waals surface area (Å²) in [5.74, 6) is -0.495. The van der Waals surface area contributed by atoms with Gasteiger partial charge in [-0.2, -0.15) is 0 Å². The second-order valence-corrected chi connectivity index (χ2v) is 4.49. The highest BCUT2D eigenvalue weighted by Crippen LogP contribution is 2.17. The zero-order valence-corrected chi connectivity index (χ0v) is 10.8. The lowest BCUT2D eigenvalue weighted by Gasteiger charge is -2.24. The summed E-state index contributed by atoms with van der Waals surface area (Å²) in [7, 11) is 0. The highest BCUT2D eigenvalue weighted by Gasteiger charge is 2.17. The van der Waals surface area contributed by atoms with Gasteiger partial charge in [0.05, 0.1) is 0 Å². The Bertz CT molecular complexity index is 352. The van der Waals surface area contributed by atoms with Crippen molar-refractivity contribution < 1.29 is 8.78 Å². The molecule has 0 bridgehead atoms. The largest absolute Gasteiger partial charge is 0.314 e. The van der Waals surface area contributed by atoms with Gasteiger partial charge in [-0.3, -0.25) is 0 Å². The quantitative estimate of drug-likeness (QED) is 0.803. The maximum atomic E-state index is 13.6. The Morgan fingerprint density at radius 2 is 1.94 bits per heavy atom. The molecule has 17 heavy (non-hydrogen) atoms. The summed E-state index contributed by atoms with van der Waals surface area (Å²) >= 11 is 0. The normalized spacial score (nSPS) is 14.6. The molecule has 2 unspecified atom stereocenters. The molecule has 0 fully saturated rings. The molecule has 3 heteroatoms. The first-order valence-electron chi connectivity index (χ1n) is 6.25. The maximum absolute atomic E-state index is 13.6. The molecular formula is C14H21F2N. The number of likely N-dealkylation sites (N-methyl/N-ethyl adjacent to an activating group) is 1. The highest BCUT2D eigenvalue weighted by atomic mass is 19.1. The second-order valence-electron chi connectivity index (χ2n) is 4.49. The van der Waals surface area contributed by atoms with Crippen molar-refractivity contribution in [3.05, 3.63) is 35.4 Å². The third-order valence-corrected chi connectivity index (χ3v) is 3.25. The Balaban J connectivity index is 2.78. The second kappa shape index (κ2) is 6.70. The van der Waals surface area contributed by atoms with Crippen molar-refractivity contribution in [2.75, 3.05) is 6.54 Å². The van der Waals surface area contributed by atoms with Gasteiger partial charge in [0.1, 0.15) is 11.6 Å². The molecular weight excluding hydrogens is 220 g/mol. The van der Waals surface area contributed by atoms with Crippen LogP contribution in [0.2, 0.25) is 0 Å². The Kier molecular flexibility index (Phi) is 5.56. The van der Waals surface area contributed by atoms with Gasteiger partial charge in [-0.15, -0.1) is 0 Å². The SMILES string of the molecule is CCNC(Cc1ccc(F)cc1F)C(C)CC. The molecule has 0 radical (unpaired) electrons. The highest BCUT2D eigenvalue weighted by molar-refractivity contribution is 5.19. The van der Waals surface area contributed by atoms with E-state index in [4.69, 9.17) is 0 Å². The Labute approximate surface area is 102 Å². The van der Waals surface area contributed by atoms with E-state index in [1.54, 1.807) is 0 Å². The number of hydrogen-bond acceptors (Lipinski definition) is 1. The zero-order chi connectivity index (χ0) is 12.8. The molecule has 0 aliphatic carbocycles. The summed E-state index contributed by atoms with van der Waals surface area (Å²) in [6, 6.07) is 4.05. The van der Waals surface area contributed by atoms with Crippen LogP contribution in [0, 0.1) is 17.6 Å². The fraction of sp³-hybridized carbons (Fsp3) is 0.571. The van der Waals surface area contributed by atoms with E-state index in [2.05, 4.69) is 19.2 Å². The fourth-order valence-electron chi connectivity index (χ4n) is 1.95. The topological polar surface area (TPSA) is 12.0 Å². The van der Waals surface area contributed by atoms with E-state index >= 15 is 0 Å². The Hall–Kier alpha value is -0.960. The van der Waals surface area contributed by atoms with E-state index < -0.39 is 11.6 Å². The van der Waals surface area contributed by atoms with Crippen molar-refractivity contribution in [1.29, 1.82) is 0 Å². The third-order valence-electron chi connectivity index (χ3n) is 3.25. The van der Waals surface area contributed by atoms with Crippen LogP contribution in [0.3, 0.4) is 0 Å². The lowest BCUT2D eigenvalue weighted by molar-refractivity contribution is 0.367. The molecule has 1 rings (SSSR count). The predicted molar refractivity (Wildman–Crippen MR) is 67.0 cm³/mol. The fourth-order valence-corrected chi connectivity index (χ4v) is 1.95. The molecule has 0 aliphatic rings. The van der Waals surface area contributed by atoms with Gasteiger partial charge in [0.2, 0.25) is 0 Å². The Morgan fingerprint density at radius 1 is 1.24 bits per heavy atom. The molecule has 1 nitrogen and oxygen atoms in total. The van der Waals surface area contributed by atoms with E-state index in [9.17, 15) is 8.78 Å². The molecule has 1 aromatic carbocycles. The van der Waals surface area contributed by atoms with Gasteiger partial charge in [0.25, 0.3) is 0 Å². The smallest absolute Gasteiger partial charge is 0.129 e. The first kappa shape index (κ1) is 14.1. The Morgan fingerprint density at radius 3 is 2.47 bits per heavy atom. The van der Waals surface area contributed by atoms with Crippen molar-refractivity contribution in [3.8, 4) is 0 Å². The maximum Gasteiger partial charge on any atom is 0.129 e. The van der Waals surface area contributed by atoms with Crippen molar-refractivity contribution in [1.82, 2.24) is 5.32 Å². The van der Waals surface area contributed by atoms with Gasteiger partial charge < -0.3 is 5.32 Å². The van der Waals surface area contributed by atoms with Crippen molar-refractivity contribution >= 4 is 0 Å². The minimum atomic E-state index is -0.519. The van der Waals surface area contributed by atoms with Crippen molar-refractivity contribution in [3.63, 3.8) is 0 Å². The first-order valence-corrected chi connectivity index (χ1v) is 6.25. The minimum Gasteiger partial charge on any atom is -0.314 e. The summed E-state index contributed by atoms with van der Waals surface area (Å²) in [5.41, 5.74) is 0.581. The van der Waals surface area contributed by atoms with Crippen molar-refractivity contribution in [2.45, 2.75) is 39.7 Å². The number of benzene rings is 1. The molecule has 0 heterocycles. The molecule has 2 atom stereocenters. The summed E-state index contributed by atoms with van der Waals surface area (Å²) in [6.07, 6.45) is 1.65. The molecule has 0 spiro atoms. The van der Waals surface area contributed by atoms with Gasteiger partial charge in [-0.05, 0) is 30.5 Å². The van der Waals surface area contributed by atoms with E-state index in [1.165, 1.54) is 12.1 Å². The van der Waals surface area contributed by atoms with Gasteiger partial charge in [-0.1, -0.05) is 33.3 Å². The van der Waals surface area contributed by atoms with Gasteiger partial charge in [-0.25, -0.2) is 8.78 Å². The lowest BCUT2D eigenvalue weighted by Crippen LogP contribution is -2.36. The number of rotatable bonds is 6. The van der Waals surface area contributed by atoms with Crippen LogP contribution in [-0.2, 0) is 6.42 Å². The van der Waals surface area contributed by atoms with Gasteiger partial charge in [0.15, 0.2) is 0 Å². The number of hydrogen-bond donors (Lipinski definition) is 1. The van der Waals surface area contributed by atoms with Crippen LogP contribution >= 0.6 is 0 Å². The van der Waals surface area contributed by atoms with Crippen LogP contribution < -0.4 is 5.32 Å². The third kappa shape index (κ3) is 4.08. The lowest BCUT2D eigenvalue weighted by atomic mass is 9.93. The van der Waals surface area contributed by atoms with E-state index in [1.807, 2.05) is 6.92 Å². The zero-order valence-electron chi connectivity index (χ0n) is 10.8. The van der Waals surface area contributed by atoms with Crippen molar-refractivity contribution in [2.24, 2.45) is 5.92 Å². The number of halogens is 2.